The number of nitrogens with zero attached hydrogens (tertiary/aromatic N) is 1. The lowest BCUT2D eigenvalue weighted by atomic mass is 9.93. The van der Waals surface area contributed by atoms with Crippen LogP contribution in [0.15, 0.2) is 18.3 Å². The zero-order valence-electron chi connectivity index (χ0n) is 10.5. The van der Waals surface area contributed by atoms with Gasteiger partial charge in [0.25, 0.3) is 0 Å². The van der Waals surface area contributed by atoms with Gasteiger partial charge in [-0.15, -0.1) is 11.3 Å². The first-order chi connectivity index (χ1) is 8.22. The minimum absolute atomic E-state index is 0.400. The highest BCUT2D eigenvalue weighted by Gasteiger charge is 2.35. The quantitative estimate of drug-likeness (QED) is 0.827. The Morgan fingerprint density at radius 1 is 1.47 bits per heavy atom. The van der Waals surface area contributed by atoms with Crippen LogP contribution >= 0.6 is 11.3 Å². The summed E-state index contributed by atoms with van der Waals surface area (Å²) in [6, 6.07) is 0.400. The van der Waals surface area contributed by atoms with Gasteiger partial charge < -0.3 is 5.32 Å². The van der Waals surface area contributed by atoms with Crippen molar-refractivity contribution in [2.45, 2.75) is 32.7 Å². The first-order valence-corrected chi connectivity index (χ1v) is 7.38. The molecule has 3 rings (SSSR count). The monoisotopic (exact) mass is 248 g/mol. The van der Waals surface area contributed by atoms with Gasteiger partial charge in [-0.05, 0) is 51.0 Å². The fourth-order valence-corrected chi connectivity index (χ4v) is 3.92. The second-order valence-electron chi connectivity index (χ2n) is 5.48. The fourth-order valence-electron chi connectivity index (χ4n) is 3.12. The highest BCUT2D eigenvalue weighted by Crippen LogP contribution is 2.43. The predicted molar refractivity (Wildman–Crippen MR) is 72.1 cm³/mol. The molecule has 0 saturated heterocycles. The number of hydrogen-bond donors (Lipinski definition) is 1. The minimum atomic E-state index is 0.400. The van der Waals surface area contributed by atoms with E-state index in [-0.39, 0.29) is 0 Å². The molecule has 0 aliphatic heterocycles. The third-order valence-electron chi connectivity index (χ3n) is 4.11. The van der Waals surface area contributed by atoms with Crippen LogP contribution in [0.3, 0.4) is 0 Å². The summed E-state index contributed by atoms with van der Waals surface area (Å²) < 4.78 is 0. The van der Waals surface area contributed by atoms with Crippen molar-refractivity contribution >= 4 is 11.3 Å². The van der Waals surface area contributed by atoms with Crippen molar-refractivity contribution in [2.75, 3.05) is 6.54 Å². The highest BCUT2D eigenvalue weighted by atomic mass is 32.1. The molecule has 1 aromatic heterocycles. The van der Waals surface area contributed by atoms with Crippen LogP contribution in [0, 0.1) is 24.7 Å². The summed E-state index contributed by atoms with van der Waals surface area (Å²) in [5.41, 5.74) is 0. The molecule has 2 aliphatic rings. The number of rotatable bonds is 4. The molecule has 0 spiro atoms. The van der Waals surface area contributed by atoms with Crippen molar-refractivity contribution in [3.63, 3.8) is 0 Å². The summed E-state index contributed by atoms with van der Waals surface area (Å²) in [5.74, 6) is 2.58. The number of aryl methyl sites for hydroxylation is 1. The van der Waals surface area contributed by atoms with Crippen LogP contribution in [0.1, 0.15) is 35.7 Å². The largest absolute Gasteiger partial charge is 0.308 e. The van der Waals surface area contributed by atoms with E-state index in [0.717, 1.165) is 24.3 Å². The Hall–Kier alpha value is -0.670. The lowest BCUT2D eigenvalue weighted by Gasteiger charge is -2.20. The Morgan fingerprint density at radius 3 is 2.94 bits per heavy atom. The van der Waals surface area contributed by atoms with Crippen molar-refractivity contribution < 1.29 is 0 Å². The minimum Gasteiger partial charge on any atom is -0.308 e. The van der Waals surface area contributed by atoms with Crippen molar-refractivity contribution in [3.05, 3.63) is 28.2 Å². The number of allylic oxidation sites excluding steroid dienone is 2. The molecule has 92 valence electrons. The first-order valence-electron chi connectivity index (χ1n) is 6.56. The first kappa shape index (κ1) is 11.4. The zero-order valence-corrected chi connectivity index (χ0v) is 11.3. The molecule has 1 saturated carbocycles. The normalized spacial score (nSPS) is 32.2. The van der Waals surface area contributed by atoms with E-state index in [1.165, 1.54) is 22.7 Å². The van der Waals surface area contributed by atoms with E-state index in [1.54, 1.807) is 11.3 Å². The fraction of sp³-hybridized carbons (Fsp3) is 0.643. The predicted octanol–water partition coefficient (Wildman–Crippen LogP) is 3.31. The van der Waals surface area contributed by atoms with Crippen molar-refractivity contribution in [2.24, 2.45) is 17.8 Å². The molecule has 1 heterocycles. The molecule has 2 aliphatic carbocycles. The average molecular weight is 248 g/mol. The molecule has 4 atom stereocenters. The van der Waals surface area contributed by atoms with Gasteiger partial charge in [0, 0.05) is 11.1 Å². The van der Waals surface area contributed by atoms with Gasteiger partial charge in [-0.1, -0.05) is 12.2 Å². The topological polar surface area (TPSA) is 24.9 Å². The Bertz CT molecular complexity index is 424. The van der Waals surface area contributed by atoms with Crippen LogP contribution in [0.5, 0.6) is 0 Å². The van der Waals surface area contributed by atoms with Crippen LogP contribution in [0.2, 0.25) is 0 Å². The van der Waals surface area contributed by atoms with Gasteiger partial charge in [0.1, 0.15) is 5.01 Å². The maximum absolute atomic E-state index is 4.45. The Labute approximate surface area is 107 Å². The Kier molecular flexibility index (Phi) is 3.05. The molecule has 0 amide bonds. The molecule has 0 aromatic carbocycles. The maximum Gasteiger partial charge on any atom is 0.109 e. The summed E-state index contributed by atoms with van der Waals surface area (Å²) >= 11 is 1.81. The third-order valence-corrected chi connectivity index (χ3v) is 5.21. The summed E-state index contributed by atoms with van der Waals surface area (Å²) in [5, 5.41) is 4.88. The van der Waals surface area contributed by atoms with E-state index in [4.69, 9.17) is 0 Å². The molecule has 0 radical (unpaired) electrons. The van der Waals surface area contributed by atoms with Crippen LogP contribution in [0.25, 0.3) is 0 Å². The van der Waals surface area contributed by atoms with Crippen LogP contribution in [-0.4, -0.2) is 11.5 Å². The number of fused-ring (bicyclic) bond motifs is 2. The summed E-state index contributed by atoms with van der Waals surface area (Å²) in [7, 11) is 0. The van der Waals surface area contributed by atoms with Gasteiger partial charge in [0.2, 0.25) is 0 Å². The van der Waals surface area contributed by atoms with E-state index < -0.39 is 0 Å². The second-order valence-corrected chi connectivity index (χ2v) is 6.75. The Balaban J connectivity index is 1.53. The number of thiazole rings is 1. The molecule has 17 heavy (non-hydrogen) atoms. The smallest absolute Gasteiger partial charge is 0.109 e. The maximum atomic E-state index is 4.45. The van der Waals surface area contributed by atoms with Gasteiger partial charge in [-0.2, -0.15) is 0 Å². The van der Waals surface area contributed by atoms with Crippen LogP contribution in [0.4, 0.5) is 0 Å². The molecule has 1 fully saturated rings. The molecular formula is C14H20N2S. The lowest BCUT2D eigenvalue weighted by molar-refractivity contribution is 0.393. The lowest BCUT2D eigenvalue weighted by Crippen LogP contribution is -2.27. The molecule has 4 unspecified atom stereocenters. The summed E-state index contributed by atoms with van der Waals surface area (Å²) in [6.07, 6.45) is 9.60. The van der Waals surface area contributed by atoms with E-state index in [0.29, 0.717) is 6.04 Å². The number of nitrogens with one attached hydrogen (secondary N) is 1. The van der Waals surface area contributed by atoms with Crippen molar-refractivity contribution in [1.29, 1.82) is 0 Å². The zero-order chi connectivity index (χ0) is 11.8. The molecule has 1 aromatic rings. The van der Waals surface area contributed by atoms with Gasteiger partial charge >= 0.3 is 0 Å². The molecule has 1 N–H and O–H groups in total. The summed E-state index contributed by atoms with van der Waals surface area (Å²) in [6.45, 7) is 5.49. The van der Waals surface area contributed by atoms with E-state index in [2.05, 4.69) is 36.3 Å². The van der Waals surface area contributed by atoms with Crippen molar-refractivity contribution in [1.82, 2.24) is 10.3 Å². The van der Waals surface area contributed by atoms with E-state index in [9.17, 15) is 0 Å². The van der Waals surface area contributed by atoms with Crippen molar-refractivity contribution in [3.8, 4) is 0 Å². The molecule has 3 heteroatoms. The SMILES string of the molecule is Cc1cnc(C(C)NCC2CC3C=CC2C3)s1. The number of hydrogen-bond acceptors (Lipinski definition) is 3. The van der Waals surface area contributed by atoms with Gasteiger partial charge in [0.15, 0.2) is 0 Å². The third kappa shape index (κ3) is 2.31. The highest BCUT2D eigenvalue weighted by molar-refractivity contribution is 7.11. The molecule has 2 nitrogen and oxygen atoms in total. The Morgan fingerprint density at radius 2 is 2.35 bits per heavy atom. The average Bonchev–Trinajstić information content (AvgIpc) is 3.01. The van der Waals surface area contributed by atoms with Gasteiger partial charge in [-0.3, -0.25) is 0 Å². The van der Waals surface area contributed by atoms with Gasteiger partial charge in [0.05, 0.1) is 6.04 Å². The van der Waals surface area contributed by atoms with E-state index in [1.807, 2.05) is 6.20 Å². The van der Waals surface area contributed by atoms with Gasteiger partial charge in [-0.25, -0.2) is 4.98 Å². The number of aromatic nitrogens is 1. The molecular weight excluding hydrogens is 228 g/mol. The standard InChI is InChI=1S/C14H20N2S/c1-9-7-16-14(17-9)10(2)15-8-13-6-11-3-4-12(13)5-11/h3-4,7,10-13,15H,5-6,8H2,1-2H3. The van der Waals surface area contributed by atoms with E-state index >= 15 is 0 Å². The molecule has 2 bridgehead atoms. The second kappa shape index (κ2) is 4.54. The van der Waals surface area contributed by atoms with Crippen LogP contribution in [-0.2, 0) is 0 Å². The van der Waals surface area contributed by atoms with Crippen LogP contribution < -0.4 is 5.32 Å². The summed E-state index contributed by atoms with van der Waals surface area (Å²) in [4.78, 5) is 5.75.